The zero-order valence-corrected chi connectivity index (χ0v) is 14.2. The molecule has 118 valence electrons. The Kier molecular flexibility index (Phi) is 6.06. The second kappa shape index (κ2) is 7.59. The van der Waals surface area contributed by atoms with Crippen LogP contribution in [-0.4, -0.2) is 45.2 Å². The largest absolute Gasteiger partial charge is 0.311 e. The number of halogens is 1. The van der Waals surface area contributed by atoms with Gasteiger partial charge < -0.3 is 15.5 Å². The van der Waals surface area contributed by atoms with Crippen molar-refractivity contribution in [3.8, 4) is 0 Å². The lowest BCUT2D eigenvalue weighted by atomic mass is 9.72. The summed E-state index contributed by atoms with van der Waals surface area (Å²) in [7, 11) is 6.29. The van der Waals surface area contributed by atoms with Crippen LogP contribution in [0.5, 0.6) is 0 Å². The Morgan fingerprint density at radius 2 is 2.05 bits per heavy atom. The highest BCUT2D eigenvalue weighted by Crippen LogP contribution is 2.40. The standard InChI is InChI=1S/C17H28ClN3/c1-19-17(14-8-4-5-9-15(14)18)11-7-6-10-16(17)20-12-13-21(2)3/h4-5,8-9,16,19-20H,6-7,10-13H2,1-3H3/t16-,17+/m1/s1. The van der Waals surface area contributed by atoms with Crippen molar-refractivity contribution in [1.29, 1.82) is 0 Å². The molecule has 1 aromatic rings. The van der Waals surface area contributed by atoms with E-state index in [0.717, 1.165) is 24.5 Å². The molecule has 0 spiro atoms. The second-order valence-electron chi connectivity index (χ2n) is 6.26. The number of nitrogens with one attached hydrogen (secondary N) is 2. The van der Waals surface area contributed by atoms with Crippen molar-refractivity contribution in [2.45, 2.75) is 37.3 Å². The molecular weight excluding hydrogens is 282 g/mol. The molecule has 0 saturated heterocycles. The zero-order valence-electron chi connectivity index (χ0n) is 13.5. The predicted octanol–water partition coefficient (Wildman–Crippen LogP) is 2.85. The average Bonchev–Trinajstić information content (AvgIpc) is 2.48. The third-order valence-corrected chi connectivity index (χ3v) is 4.99. The molecule has 1 saturated carbocycles. The monoisotopic (exact) mass is 309 g/mol. The molecule has 21 heavy (non-hydrogen) atoms. The molecule has 2 atom stereocenters. The lowest BCUT2D eigenvalue weighted by molar-refractivity contribution is 0.175. The molecule has 0 radical (unpaired) electrons. The summed E-state index contributed by atoms with van der Waals surface area (Å²) in [4.78, 5) is 2.21. The van der Waals surface area contributed by atoms with E-state index >= 15 is 0 Å². The van der Waals surface area contributed by atoms with E-state index in [1.54, 1.807) is 0 Å². The number of hydrogen-bond acceptors (Lipinski definition) is 3. The van der Waals surface area contributed by atoms with Crippen LogP contribution in [0.4, 0.5) is 0 Å². The summed E-state index contributed by atoms with van der Waals surface area (Å²) in [6.07, 6.45) is 4.86. The lowest BCUT2D eigenvalue weighted by Gasteiger charge is -2.45. The first kappa shape index (κ1) is 16.8. The van der Waals surface area contributed by atoms with Crippen molar-refractivity contribution in [2.24, 2.45) is 0 Å². The van der Waals surface area contributed by atoms with Crippen LogP contribution < -0.4 is 10.6 Å². The van der Waals surface area contributed by atoms with Crippen LogP contribution in [0.15, 0.2) is 24.3 Å². The van der Waals surface area contributed by atoms with Gasteiger partial charge in [-0.05, 0) is 45.6 Å². The lowest BCUT2D eigenvalue weighted by Crippen LogP contribution is -2.58. The van der Waals surface area contributed by atoms with Crippen molar-refractivity contribution >= 4 is 11.6 Å². The quantitative estimate of drug-likeness (QED) is 0.846. The number of likely N-dealkylation sites (N-methyl/N-ethyl adjacent to an activating group) is 2. The highest BCUT2D eigenvalue weighted by Gasteiger charge is 2.41. The van der Waals surface area contributed by atoms with Gasteiger partial charge in [0.1, 0.15) is 0 Å². The number of rotatable bonds is 6. The summed E-state index contributed by atoms with van der Waals surface area (Å²) in [6.45, 7) is 2.06. The molecule has 1 aliphatic carbocycles. The summed E-state index contributed by atoms with van der Waals surface area (Å²) < 4.78 is 0. The van der Waals surface area contributed by atoms with E-state index < -0.39 is 0 Å². The van der Waals surface area contributed by atoms with E-state index in [2.05, 4.69) is 48.8 Å². The minimum Gasteiger partial charge on any atom is -0.311 e. The molecule has 0 unspecified atom stereocenters. The predicted molar refractivity (Wildman–Crippen MR) is 91.0 cm³/mol. The van der Waals surface area contributed by atoms with Gasteiger partial charge >= 0.3 is 0 Å². The Morgan fingerprint density at radius 3 is 2.71 bits per heavy atom. The van der Waals surface area contributed by atoms with Gasteiger partial charge in [-0.3, -0.25) is 0 Å². The van der Waals surface area contributed by atoms with Gasteiger partial charge in [0.25, 0.3) is 0 Å². The van der Waals surface area contributed by atoms with Gasteiger partial charge in [0.05, 0.1) is 5.54 Å². The summed E-state index contributed by atoms with van der Waals surface area (Å²) >= 11 is 6.50. The van der Waals surface area contributed by atoms with Crippen LogP contribution in [-0.2, 0) is 5.54 Å². The molecule has 0 heterocycles. The summed E-state index contributed by atoms with van der Waals surface area (Å²) in [5.74, 6) is 0. The van der Waals surface area contributed by atoms with Gasteiger partial charge in [0.15, 0.2) is 0 Å². The van der Waals surface area contributed by atoms with E-state index in [9.17, 15) is 0 Å². The minimum atomic E-state index is -0.0527. The third kappa shape index (κ3) is 3.78. The van der Waals surface area contributed by atoms with Gasteiger partial charge in [0.2, 0.25) is 0 Å². The van der Waals surface area contributed by atoms with Crippen molar-refractivity contribution in [1.82, 2.24) is 15.5 Å². The Balaban J connectivity index is 2.22. The average molecular weight is 310 g/mol. The summed E-state index contributed by atoms with van der Waals surface area (Å²) in [5, 5.41) is 8.23. The number of benzene rings is 1. The number of hydrogen-bond donors (Lipinski definition) is 2. The Bertz CT molecular complexity index is 449. The van der Waals surface area contributed by atoms with Crippen molar-refractivity contribution < 1.29 is 0 Å². The maximum Gasteiger partial charge on any atom is 0.0602 e. The summed E-state index contributed by atoms with van der Waals surface area (Å²) in [5.41, 5.74) is 1.18. The van der Waals surface area contributed by atoms with Crippen LogP contribution in [0.3, 0.4) is 0 Å². The molecule has 1 aromatic carbocycles. The molecular formula is C17H28ClN3. The first-order chi connectivity index (χ1) is 10.1. The van der Waals surface area contributed by atoms with Gasteiger partial charge in [-0.25, -0.2) is 0 Å². The van der Waals surface area contributed by atoms with Crippen molar-refractivity contribution in [3.05, 3.63) is 34.9 Å². The normalized spacial score (nSPS) is 26.2. The molecule has 1 aliphatic rings. The Labute approximate surface area is 134 Å². The highest BCUT2D eigenvalue weighted by atomic mass is 35.5. The maximum atomic E-state index is 6.50. The first-order valence-electron chi connectivity index (χ1n) is 7.92. The molecule has 2 N–H and O–H groups in total. The Morgan fingerprint density at radius 1 is 1.29 bits per heavy atom. The van der Waals surface area contributed by atoms with Gasteiger partial charge in [-0.2, -0.15) is 0 Å². The van der Waals surface area contributed by atoms with Crippen LogP contribution in [0.25, 0.3) is 0 Å². The fourth-order valence-corrected chi connectivity index (χ4v) is 3.80. The maximum absolute atomic E-state index is 6.50. The van der Waals surface area contributed by atoms with E-state index in [1.807, 2.05) is 12.1 Å². The van der Waals surface area contributed by atoms with E-state index in [1.165, 1.54) is 24.8 Å². The van der Waals surface area contributed by atoms with Crippen LogP contribution in [0, 0.1) is 0 Å². The smallest absolute Gasteiger partial charge is 0.0602 e. The molecule has 0 amide bonds. The van der Waals surface area contributed by atoms with E-state index in [0.29, 0.717) is 6.04 Å². The Hall–Kier alpha value is -0.610. The van der Waals surface area contributed by atoms with E-state index in [-0.39, 0.29) is 5.54 Å². The molecule has 0 aromatic heterocycles. The van der Waals surface area contributed by atoms with Gasteiger partial charge in [-0.1, -0.05) is 42.6 Å². The molecule has 4 heteroatoms. The zero-order chi connectivity index (χ0) is 15.3. The van der Waals surface area contributed by atoms with Crippen molar-refractivity contribution in [2.75, 3.05) is 34.2 Å². The van der Waals surface area contributed by atoms with Gasteiger partial charge in [0, 0.05) is 24.2 Å². The van der Waals surface area contributed by atoms with E-state index in [4.69, 9.17) is 11.6 Å². The van der Waals surface area contributed by atoms with Crippen LogP contribution in [0.2, 0.25) is 5.02 Å². The molecule has 1 fully saturated rings. The molecule has 0 aliphatic heterocycles. The SMILES string of the molecule is CN[C@]1(c2ccccc2Cl)CCCC[C@H]1NCCN(C)C. The third-order valence-electron chi connectivity index (χ3n) is 4.66. The number of nitrogens with zero attached hydrogens (tertiary/aromatic N) is 1. The summed E-state index contributed by atoms with van der Waals surface area (Å²) in [6, 6.07) is 8.70. The molecule has 0 bridgehead atoms. The minimum absolute atomic E-state index is 0.0527. The van der Waals surface area contributed by atoms with Gasteiger partial charge in [-0.15, -0.1) is 0 Å². The first-order valence-corrected chi connectivity index (χ1v) is 8.30. The fraction of sp³-hybridized carbons (Fsp3) is 0.647. The topological polar surface area (TPSA) is 27.3 Å². The van der Waals surface area contributed by atoms with Crippen molar-refractivity contribution in [3.63, 3.8) is 0 Å². The van der Waals surface area contributed by atoms with Crippen LogP contribution in [0.1, 0.15) is 31.2 Å². The van der Waals surface area contributed by atoms with Crippen LogP contribution >= 0.6 is 11.6 Å². The second-order valence-corrected chi connectivity index (χ2v) is 6.66. The fourth-order valence-electron chi connectivity index (χ4n) is 3.49. The highest BCUT2D eigenvalue weighted by molar-refractivity contribution is 6.31. The molecule has 3 nitrogen and oxygen atoms in total. The molecule has 2 rings (SSSR count).